The zero-order valence-corrected chi connectivity index (χ0v) is 12.3. The number of alkyl halides is 3. The molecule has 1 unspecified atom stereocenters. The normalized spacial score (nSPS) is 20.0. The van der Waals surface area contributed by atoms with Crippen molar-refractivity contribution in [2.45, 2.75) is 32.0 Å². The number of nitrogens with zero attached hydrogens (tertiary/aromatic N) is 4. The summed E-state index contributed by atoms with van der Waals surface area (Å²) in [6.45, 7) is 3.36. The van der Waals surface area contributed by atoms with Gasteiger partial charge in [-0.15, -0.1) is 0 Å². The van der Waals surface area contributed by atoms with E-state index in [4.69, 9.17) is 0 Å². The molecule has 0 saturated carbocycles. The van der Waals surface area contributed by atoms with E-state index in [-0.39, 0.29) is 6.04 Å². The fourth-order valence-corrected chi connectivity index (χ4v) is 3.34. The van der Waals surface area contributed by atoms with E-state index in [0.29, 0.717) is 23.0 Å². The summed E-state index contributed by atoms with van der Waals surface area (Å²) >= 11 is 0.709. The minimum atomic E-state index is -4.32. The van der Waals surface area contributed by atoms with Crippen molar-refractivity contribution in [3.63, 3.8) is 0 Å². The molecule has 0 N–H and O–H groups in total. The summed E-state index contributed by atoms with van der Waals surface area (Å²) in [6.07, 6.45) is 2.27. The highest BCUT2D eigenvalue weighted by Gasteiger charge is 2.34. The Morgan fingerprint density at radius 3 is 2.76 bits per heavy atom. The molecule has 2 aromatic heterocycles. The second-order valence-electron chi connectivity index (χ2n) is 5.24. The Balaban J connectivity index is 1.75. The molecule has 3 heterocycles. The zero-order chi connectivity index (χ0) is 15.0. The van der Waals surface area contributed by atoms with Crippen molar-refractivity contribution < 1.29 is 13.2 Å². The van der Waals surface area contributed by atoms with Crippen LogP contribution in [0, 0.1) is 6.92 Å². The van der Waals surface area contributed by atoms with Crippen LogP contribution in [0.2, 0.25) is 0 Å². The van der Waals surface area contributed by atoms with Crippen molar-refractivity contribution in [1.82, 2.24) is 14.8 Å². The molecule has 0 spiro atoms. The van der Waals surface area contributed by atoms with E-state index in [2.05, 4.69) is 10.1 Å². The quantitative estimate of drug-likeness (QED) is 0.850. The highest BCUT2D eigenvalue weighted by Crippen LogP contribution is 2.37. The number of hydrogen-bond acceptors (Lipinski definition) is 4. The number of rotatable bonds is 2. The minimum absolute atomic E-state index is 0.186. The molecule has 8 heteroatoms. The number of anilines is 1. The average Bonchev–Trinajstić information content (AvgIpc) is 3.07. The molecule has 0 amide bonds. The number of hydrogen-bond donors (Lipinski definition) is 0. The molecule has 3 rings (SSSR count). The summed E-state index contributed by atoms with van der Waals surface area (Å²) in [5.41, 5.74) is 1.08. The van der Waals surface area contributed by atoms with E-state index >= 15 is 0 Å². The van der Waals surface area contributed by atoms with Crippen LogP contribution in [-0.2, 0) is 6.18 Å². The molecule has 0 bridgehead atoms. The summed E-state index contributed by atoms with van der Waals surface area (Å²) in [5, 5.41) is 4.75. The second kappa shape index (κ2) is 5.32. The van der Waals surface area contributed by atoms with E-state index in [1.165, 1.54) is 0 Å². The van der Waals surface area contributed by atoms with Crippen molar-refractivity contribution >= 4 is 16.5 Å². The van der Waals surface area contributed by atoms with Crippen LogP contribution >= 0.6 is 11.3 Å². The Labute approximate surface area is 124 Å². The third-order valence-electron chi connectivity index (χ3n) is 3.54. The summed E-state index contributed by atoms with van der Waals surface area (Å²) in [4.78, 5) is 5.21. The Morgan fingerprint density at radius 2 is 2.14 bits per heavy atom. The smallest absolute Gasteiger partial charge is 0.346 e. The summed E-state index contributed by atoms with van der Waals surface area (Å²) in [7, 11) is 0. The fourth-order valence-electron chi connectivity index (χ4n) is 2.52. The lowest BCUT2D eigenvalue weighted by Crippen LogP contribution is -2.36. The number of aromatic nitrogens is 3. The van der Waals surface area contributed by atoms with Crippen LogP contribution in [0.25, 0.3) is 0 Å². The Hall–Kier alpha value is -1.57. The summed E-state index contributed by atoms with van der Waals surface area (Å²) in [6, 6.07) is 0.186. The first-order valence-corrected chi connectivity index (χ1v) is 7.54. The van der Waals surface area contributed by atoms with Gasteiger partial charge in [0.25, 0.3) is 0 Å². The Kier molecular flexibility index (Phi) is 3.64. The maximum absolute atomic E-state index is 12.7. The molecule has 0 aromatic carbocycles. The van der Waals surface area contributed by atoms with Gasteiger partial charge in [0.1, 0.15) is 4.88 Å². The molecule has 0 radical (unpaired) electrons. The molecule has 1 saturated heterocycles. The van der Waals surface area contributed by atoms with Gasteiger partial charge in [-0.3, -0.25) is 4.68 Å². The third-order valence-corrected chi connectivity index (χ3v) is 4.65. The number of aryl methyl sites for hydroxylation is 1. The van der Waals surface area contributed by atoms with Gasteiger partial charge >= 0.3 is 6.18 Å². The standard InChI is InChI=1S/C13H15F3N4S/c1-9-5-18-20(7-9)10-3-2-4-19(8-10)12-17-6-11(21-12)13(14,15)16/h5-7,10H,2-4,8H2,1H3. The van der Waals surface area contributed by atoms with E-state index in [0.717, 1.165) is 31.1 Å². The van der Waals surface area contributed by atoms with Crippen LogP contribution in [0.15, 0.2) is 18.6 Å². The van der Waals surface area contributed by atoms with Gasteiger partial charge in [-0.1, -0.05) is 11.3 Å². The molecule has 4 nitrogen and oxygen atoms in total. The predicted molar refractivity (Wildman–Crippen MR) is 74.6 cm³/mol. The molecule has 1 fully saturated rings. The van der Waals surface area contributed by atoms with Gasteiger partial charge < -0.3 is 4.90 Å². The van der Waals surface area contributed by atoms with Gasteiger partial charge in [0, 0.05) is 19.3 Å². The monoisotopic (exact) mass is 316 g/mol. The van der Waals surface area contributed by atoms with Crippen molar-refractivity contribution in [1.29, 1.82) is 0 Å². The maximum Gasteiger partial charge on any atom is 0.427 e. The van der Waals surface area contributed by atoms with Crippen LogP contribution < -0.4 is 4.90 Å². The molecular formula is C13H15F3N4S. The van der Waals surface area contributed by atoms with Gasteiger partial charge in [0.2, 0.25) is 0 Å². The number of halogens is 3. The SMILES string of the molecule is Cc1cnn(C2CCCN(c3ncc(C(F)(F)F)s3)C2)c1. The molecule has 114 valence electrons. The van der Waals surface area contributed by atoms with Crippen molar-refractivity contribution in [3.05, 3.63) is 29.0 Å². The maximum atomic E-state index is 12.7. The van der Waals surface area contributed by atoms with E-state index in [1.807, 2.05) is 22.7 Å². The molecule has 2 aromatic rings. The fraction of sp³-hybridized carbons (Fsp3) is 0.538. The summed E-state index contributed by atoms with van der Waals surface area (Å²) < 4.78 is 39.9. The third kappa shape index (κ3) is 3.04. The lowest BCUT2D eigenvalue weighted by atomic mass is 10.1. The number of piperidine rings is 1. The van der Waals surface area contributed by atoms with E-state index < -0.39 is 11.1 Å². The average molecular weight is 316 g/mol. The Bertz CT molecular complexity index is 619. The topological polar surface area (TPSA) is 34.0 Å². The first kappa shape index (κ1) is 14.4. The largest absolute Gasteiger partial charge is 0.427 e. The molecule has 1 aliphatic rings. The first-order chi connectivity index (χ1) is 9.93. The van der Waals surface area contributed by atoms with Crippen molar-refractivity contribution in [3.8, 4) is 0 Å². The molecule has 1 aliphatic heterocycles. The highest BCUT2D eigenvalue weighted by atomic mass is 32.1. The van der Waals surface area contributed by atoms with Crippen LogP contribution in [0.1, 0.15) is 29.3 Å². The second-order valence-corrected chi connectivity index (χ2v) is 6.25. The van der Waals surface area contributed by atoms with Gasteiger partial charge in [-0.05, 0) is 25.3 Å². The van der Waals surface area contributed by atoms with Gasteiger partial charge in [0.05, 0.1) is 18.4 Å². The lowest BCUT2D eigenvalue weighted by Gasteiger charge is -2.32. The van der Waals surface area contributed by atoms with Gasteiger partial charge in [0.15, 0.2) is 5.13 Å². The van der Waals surface area contributed by atoms with Gasteiger partial charge in [-0.2, -0.15) is 18.3 Å². The van der Waals surface area contributed by atoms with Crippen LogP contribution in [-0.4, -0.2) is 27.9 Å². The molecular weight excluding hydrogens is 301 g/mol. The molecule has 21 heavy (non-hydrogen) atoms. The van der Waals surface area contributed by atoms with Crippen molar-refractivity contribution in [2.75, 3.05) is 18.0 Å². The van der Waals surface area contributed by atoms with Crippen LogP contribution in [0.3, 0.4) is 0 Å². The highest BCUT2D eigenvalue weighted by molar-refractivity contribution is 7.15. The minimum Gasteiger partial charge on any atom is -0.346 e. The first-order valence-electron chi connectivity index (χ1n) is 6.72. The lowest BCUT2D eigenvalue weighted by molar-refractivity contribution is -0.134. The summed E-state index contributed by atoms with van der Waals surface area (Å²) in [5.74, 6) is 0. The molecule has 1 atom stereocenters. The van der Waals surface area contributed by atoms with E-state index in [9.17, 15) is 13.2 Å². The zero-order valence-electron chi connectivity index (χ0n) is 11.5. The van der Waals surface area contributed by atoms with E-state index in [1.54, 1.807) is 6.20 Å². The van der Waals surface area contributed by atoms with Crippen molar-refractivity contribution in [2.24, 2.45) is 0 Å². The predicted octanol–water partition coefficient (Wildman–Crippen LogP) is 3.51. The molecule has 0 aliphatic carbocycles. The van der Waals surface area contributed by atoms with Crippen LogP contribution in [0.5, 0.6) is 0 Å². The Morgan fingerprint density at radius 1 is 1.33 bits per heavy atom. The number of thiazole rings is 1. The van der Waals surface area contributed by atoms with Gasteiger partial charge in [-0.25, -0.2) is 4.98 Å². The van der Waals surface area contributed by atoms with Crippen LogP contribution in [0.4, 0.5) is 18.3 Å².